The summed E-state index contributed by atoms with van der Waals surface area (Å²) in [5, 5.41) is 11.7. The number of aromatic nitrogens is 2. The van der Waals surface area contributed by atoms with Gasteiger partial charge < -0.3 is 20.1 Å². The molecule has 0 bridgehead atoms. The highest BCUT2D eigenvalue weighted by molar-refractivity contribution is 5.83. The Balaban J connectivity index is 1.99. The summed E-state index contributed by atoms with van der Waals surface area (Å²) in [6.45, 7) is 8.04. The van der Waals surface area contributed by atoms with Crippen LogP contribution in [0.2, 0.25) is 0 Å². The van der Waals surface area contributed by atoms with Crippen molar-refractivity contribution in [2.45, 2.75) is 46.1 Å². The molecule has 9 nitrogen and oxygen atoms in total. The van der Waals surface area contributed by atoms with Crippen molar-refractivity contribution in [3.05, 3.63) is 21.6 Å². The van der Waals surface area contributed by atoms with Gasteiger partial charge in [-0.15, -0.1) is 0 Å². The molecule has 0 aromatic carbocycles. The first kappa shape index (κ1) is 20.9. The zero-order chi connectivity index (χ0) is 20.0. The van der Waals surface area contributed by atoms with Crippen LogP contribution in [-0.2, 0) is 20.7 Å². The van der Waals surface area contributed by atoms with Crippen molar-refractivity contribution in [2.24, 2.45) is 5.92 Å². The number of aliphatic carboxylic acids is 1. The molecule has 1 amide bonds. The number of nitrogens with zero attached hydrogens (tertiary/aromatic N) is 2. The minimum Gasteiger partial charge on any atom is -0.480 e. The number of nitrogens with one attached hydrogen (secondary N) is 2. The third kappa shape index (κ3) is 6.06. The Hall–Kier alpha value is -2.42. The molecule has 1 aromatic rings. The van der Waals surface area contributed by atoms with Crippen LogP contribution in [-0.4, -0.2) is 59.3 Å². The first-order chi connectivity index (χ1) is 12.8. The first-order valence-corrected chi connectivity index (χ1v) is 9.22. The van der Waals surface area contributed by atoms with Gasteiger partial charge in [-0.3, -0.25) is 14.6 Å². The van der Waals surface area contributed by atoms with E-state index in [-0.39, 0.29) is 30.2 Å². The van der Waals surface area contributed by atoms with E-state index in [9.17, 15) is 19.5 Å². The minimum atomic E-state index is -1.05. The molecule has 0 radical (unpaired) electrons. The van der Waals surface area contributed by atoms with Gasteiger partial charge in [-0.05, 0) is 25.7 Å². The summed E-state index contributed by atoms with van der Waals surface area (Å²) >= 11 is 0. The molecule has 1 aliphatic rings. The van der Waals surface area contributed by atoms with E-state index in [2.05, 4.69) is 15.3 Å². The average molecular weight is 380 g/mol. The third-order valence-corrected chi connectivity index (χ3v) is 4.46. The van der Waals surface area contributed by atoms with Gasteiger partial charge in [-0.25, -0.2) is 9.78 Å². The van der Waals surface area contributed by atoms with Crippen molar-refractivity contribution in [3.8, 4) is 0 Å². The van der Waals surface area contributed by atoms with Crippen molar-refractivity contribution >= 4 is 17.8 Å². The molecule has 3 N–H and O–H groups in total. The highest BCUT2D eigenvalue weighted by Gasteiger charge is 2.22. The monoisotopic (exact) mass is 380 g/mol. The molecule has 1 fully saturated rings. The average Bonchev–Trinajstić information content (AvgIpc) is 2.60. The molecule has 150 valence electrons. The molecule has 9 heteroatoms. The molecular weight excluding hydrogens is 352 g/mol. The van der Waals surface area contributed by atoms with Gasteiger partial charge in [-0.1, -0.05) is 13.8 Å². The van der Waals surface area contributed by atoms with Crippen LogP contribution in [0.5, 0.6) is 0 Å². The van der Waals surface area contributed by atoms with Crippen molar-refractivity contribution in [1.82, 2.24) is 15.3 Å². The van der Waals surface area contributed by atoms with Gasteiger partial charge >= 0.3 is 5.97 Å². The van der Waals surface area contributed by atoms with Gasteiger partial charge in [0.15, 0.2) is 0 Å². The summed E-state index contributed by atoms with van der Waals surface area (Å²) < 4.78 is 5.29. The Morgan fingerprint density at radius 2 is 2.00 bits per heavy atom. The summed E-state index contributed by atoms with van der Waals surface area (Å²) in [5.41, 5.74) is 0.747. The number of hydrogen-bond acceptors (Lipinski definition) is 6. The molecular formula is C18H28N4O5. The lowest BCUT2D eigenvalue weighted by molar-refractivity contribution is -0.142. The van der Waals surface area contributed by atoms with Crippen LogP contribution in [0.15, 0.2) is 4.79 Å². The van der Waals surface area contributed by atoms with Gasteiger partial charge in [0.25, 0.3) is 5.56 Å². The molecule has 27 heavy (non-hydrogen) atoms. The summed E-state index contributed by atoms with van der Waals surface area (Å²) in [6.07, 6.45) is 0.596. The van der Waals surface area contributed by atoms with Gasteiger partial charge in [0.2, 0.25) is 11.9 Å². The number of hydrogen-bond donors (Lipinski definition) is 3. The SMILES string of the molecule is Cc1nc(N2CCOCC2)[nH]c(=O)c1CCC(=O)NC(CC(C)C)C(=O)O. The van der Waals surface area contributed by atoms with Gasteiger partial charge in [0.05, 0.1) is 13.2 Å². The molecule has 1 saturated heterocycles. The molecule has 0 spiro atoms. The van der Waals surface area contributed by atoms with E-state index < -0.39 is 12.0 Å². The summed E-state index contributed by atoms with van der Waals surface area (Å²) in [6, 6.07) is -0.918. The lowest BCUT2D eigenvalue weighted by atomic mass is 10.0. The number of anilines is 1. The number of carboxylic acids is 1. The second-order valence-electron chi connectivity index (χ2n) is 7.14. The fourth-order valence-electron chi connectivity index (χ4n) is 3.01. The van der Waals surface area contributed by atoms with Crippen LogP contribution in [0.3, 0.4) is 0 Å². The highest BCUT2D eigenvalue weighted by Crippen LogP contribution is 2.11. The maximum Gasteiger partial charge on any atom is 0.326 e. The van der Waals surface area contributed by atoms with Crippen molar-refractivity contribution in [2.75, 3.05) is 31.2 Å². The first-order valence-electron chi connectivity index (χ1n) is 9.22. The quantitative estimate of drug-likeness (QED) is 0.598. The third-order valence-electron chi connectivity index (χ3n) is 4.46. The Labute approximate surface area is 158 Å². The summed E-state index contributed by atoms with van der Waals surface area (Å²) in [4.78, 5) is 45.0. The van der Waals surface area contributed by atoms with Crippen LogP contribution in [0, 0.1) is 12.8 Å². The second kappa shape index (κ2) is 9.50. The summed E-state index contributed by atoms with van der Waals surface area (Å²) in [5.74, 6) is -0.785. The van der Waals surface area contributed by atoms with Gasteiger partial charge in [-0.2, -0.15) is 0 Å². The number of ether oxygens (including phenoxy) is 1. The lowest BCUT2D eigenvalue weighted by Crippen LogP contribution is -2.42. The van der Waals surface area contributed by atoms with E-state index in [4.69, 9.17) is 4.74 Å². The Bertz CT molecular complexity index is 725. The van der Waals surface area contributed by atoms with E-state index in [1.165, 1.54) is 0 Å². The number of morpholine rings is 1. The molecule has 2 heterocycles. The van der Waals surface area contributed by atoms with E-state index in [0.717, 1.165) is 0 Å². The number of aryl methyl sites for hydroxylation is 1. The Morgan fingerprint density at radius 3 is 2.56 bits per heavy atom. The number of rotatable bonds is 8. The van der Waals surface area contributed by atoms with Crippen molar-refractivity contribution in [3.63, 3.8) is 0 Å². The van der Waals surface area contributed by atoms with E-state index in [1.54, 1.807) is 6.92 Å². The smallest absolute Gasteiger partial charge is 0.326 e. The highest BCUT2D eigenvalue weighted by atomic mass is 16.5. The normalized spacial score (nSPS) is 15.6. The number of aromatic amines is 1. The number of carbonyl (C=O) groups excluding carboxylic acids is 1. The maximum absolute atomic E-state index is 12.4. The van der Waals surface area contributed by atoms with Crippen LogP contribution in [0.25, 0.3) is 0 Å². The van der Waals surface area contributed by atoms with Crippen LogP contribution in [0.4, 0.5) is 5.95 Å². The topological polar surface area (TPSA) is 125 Å². The Morgan fingerprint density at radius 1 is 1.33 bits per heavy atom. The van der Waals surface area contributed by atoms with Crippen LogP contribution < -0.4 is 15.8 Å². The molecule has 1 aliphatic heterocycles. The predicted molar refractivity (Wildman–Crippen MR) is 100.0 cm³/mol. The fraction of sp³-hybridized carbons (Fsp3) is 0.667. The predicted octanol–water partition coefficient (Wildman–Crippen LogP) is 0.463. The van der Waals surface area contributed by atoms with Crippen molar-refractivity contribution < 1.29 is 19.4 Å². The summed E-state index contributed by atoms with van der Waals surface area (Å²) in [7, 11) is 0. The maximum atomic E-state index is 12.4. The van der Waals surface area contributed by atoms with Gasteiger partial charge in [0.1, 0.15) is 6.04 Å². The van der Waals surface area contributed by atoms with E-state index in [0.29, 0.717) is 49.9 Å². The molecule has 1 aromatic heterocycles. The molecule has 0 saturated carbocycles. The standard InChI is InChI=1S/C18H28N4O5/c1-11(2)10-14(17(25)26)20-15(23)5-4-13-12(3)19-18(21-16(13)24)22-6-8-27-9-7-22/h11,14H,4-10H2,1-3H3,(H,20,23)(H,25,26)(H,19,21,24). The molecule has 0 aliphatic carbocycles. The number of carbonyl (C=O) groups is 2. The zero-order valence-electron chi connectivity index (χ0n) is 16.1. The fourth-order valence-corrected chi connectivity index (χ4v) is 3.01. The van der Waals surface area contributed by atoms with E-state index in [1.807, 2.05) is 18.7 Å². The largest absolute Gasteiger partial charge is 0.480 e. The van der Waals surface area contributed by atoms with E-state index >= 15 is 0 Å². The number of H-pyrrole nitrogens is 1. The van der Waals surface area contributed by atoms with Gasteiger partial charge in [0, 0.05) is 30.8 Å². The second-order valence-corrected chi connectivity index (χ2v) is 7.14. The molecule has 1 unspecified atom stereocenters. The lowest BCUT2D eigenvalue weighted by Gasteiger charge is -2.27. The van der Waals surface area contributed by atoms with Crippen molar-refractivity contribution in [1.29, 1.82) is 0 Å². The Kier molecular flexibility index (Phi) is 7.35. The zero-order valence-corrected chi connectivity index (χ0v) is 16.1. The number of carboxylic acid groups (broad SMARTS) is 1. The molecule has 1 atom stereocenters. The molecule has 2 rings (SSSR count). The number of amides is 1. The van der Waals surface area contributed by atoms with Crippen LogP contribution in [0.1, 0.15) is 37.9 Å². The minimum absolute atomic E-state index is 0.0321. The van der Waals surface area contributed by atoms with Crippen LogP contribution >= 0.6 is 0 Å².